The number of hydrogen-bond donors (Lipinski definition) is 2. The van der Waals surface area contributed by atoms with Crippen molar-refractivity contribution in [3.63, 3.8) is 0 Å². The molecule has 0 spiro atoms. The maximum absolute atomic E-state index is 6.15. The molecule has 1 aromatic heterocycles. The molecule has 0 aliphatic carbocycles. The largest absolute Gasteiger partial charge is 0.356 e. The number of nitrogens with zero attached hydrogens (tertiary/aromatic N) is 2. The molecule has 2 aromatic rings. The van der Waals surface area contributed by atoms with Gasteiger partial charge in [0.15, 0.2) is 5.96 Å². The first kappa shape index (κ1) is 20.5. The SMILES string of the molecule is CN=C(NCCc1ncc(C)s1)NCc1ccc(Cl)cc1Cl.I. The average molecular weight is 485 g/mol. The van der Waals surface area contributed by atoms with Gasteiger partial charge in [0.25, 0.3) is 0 Å². The number of aryl methyl sites for hydroxylation is 1. The summed E-state index contributed by atoms with van der Waals surface area (Å²) in [6.45, 7) is 3.43. The number of rotatable bonds is 5. The first-order valence-electron chi connectivity index (χ1n) is 6.88. The minimum atomic E-state index is 0. The molecule has 0 radical (unpaired) electrons. The zero-order valence-electron chi connectivity index (χ0n) is 12.9. The highest BCUT2D eigenvalue weighted by atomic mass is 127. The average Bonchev–Trinajstić information content (AvgIpc) is 2.89. The standard InChI is InChI=1S/C15H18Cl2N4S.HI/c1-10-8-20-14(22-10)5-6-19-15(18-2)21-9-11-3-4-12(16)7-13(11)17;/h3-4,7-8H,5-6,9H2,1-2H3,(H2,18,19,21);1H. The summed E-state index contributed by atoms with van der Waals surface area (Å²) in [5.41, 5.74) is 0.976. The van der Waals surface area contributed by atoms with Crippen molar-refractivity contribution < 1.29 is 0 Å². The number of hydrogen-bond acceptors (Lipinski definition) is 3. The summed E-state index contributed by atoms with van der Waals surface area (Å²) >= 11 is 13.8. The van der Waals surface area contributed by atoms with Gasteiger partial charge in [0.05, 0.1) is 5.01 Å². The van der Waals surface area contributed by atoms with Gasteiger partial charge in [-0.3, -0.25) is 4.99 Å². The molecule has 0 saturated heterocycles. The van der Waals surface area contributed by atoms with Crippen molar-refractivity contribution in [2.75, 3.05) is 13.6 Å². The topological polar surface area (TPSA) is 49.3 Å². The summed E-state index contributed by atoms with van der Waals surface area (Å²) in [4.78, 5) is 9.77. The maximum Gasteiger partial charge on any atom is 0.191 e. The summed E-state index contributed by atoms with van der Waals surface area (Å²) in [5, 5.41) is 8.90. The quantitative estimate of drug-likeness (QED) is 0.378. The Morgan fingerprint density at radius 2 is 2.09 bits per heavy atom. The summed E-state index contributed by atoms with van der Waals surface area (Å²) in [7, 11) is 1.74. The molecular formula is C15H19Cl2IN4S. The fourth-order valence-corrected chi connectivity index (χ4v) is 3.13. The minimum absolute atomic E-state index is 0. The van der Waals surface area contributed by atoms with Crippen LogP contribution >= 0.6 is 58.5 Å². The fourth-order valence-electron chi connectivity index (χ4n) is 1.87. The van der Waals surface area contributed by atoms with Crippen LogP contribution in [0.25, 0.3) is 0 Å². The highest BCUT2D eigenvalue weighted by Gasteiger charge is 2.04. The molecular weight excluding hydrogens is 466 g/mol. The highest BCUT2D eigenvalue weighted by molar-refractivity contribution is 14.0. The molecule has 0 fully saturated rings. The molecule has 1 heterocycles. The Kier molecular flexibility index (Phi) is 9.19. The Labute approximate surface area is 167 Å². The van der Waals surface area contributed by atoms with Crippen molar-refractivity contribution in [1.82, 2.24) is 15.6 Å². The Hall–Kier alpha value is -0.570. The third kappa shape index (κ3) is 6.82. The van der Waals surface area contributed by atoms with E-state index in [0.29, 0.717) is 16.6 Å². The van der Waals surface area contributed by atoms with Crippen LogP contribution in [0, 0.1) is 6.92 Å². The predicted molar refractivity (Wildman–Crippen MR) is 111 cm³/mol. The van der Waals surface area contributed by atoms with Crippen LogP contribution in [0.15, 0.2) is 29.4 Å². The van der Waals surface area contributed by atoms with Crippen molar-refractivity contribution >= 4 is 64.5 Å². The van der Waals surface area contributed by atoms with Gasteiger partial charge >= 0.3 is 0 Å². The van der Waals surface area contributed by atoms with E-state index in [0.717, 1.165) is 29.5 Å². The fraction of sp³-hybridized carbons (Fsp3) is 0.333. The van der Waals surface area contributed by atoms with Crippen LogP contribution in [0.2, 0.25) is 10.0 Å². The molecule has 2 rings (SSSR count). The lowest BCUT2D eigenvalue weighted by atomic mass is 10.2. The van der Waals surface area contributed by atoms with Gasteiger partial charge in [-0.1, -0.05) is 29.3 Å². The summed E-state index contributed by atoms with van der Waals surface area (Å²) in [5.74, 6) is 0.735. The molecule has 23 heavy (non-hydrogen) atoms. The number of thiazole rings is 1. The smallest absolute Gasteiger partial charge is 0.191 e. The Bertz CT molecular complexity index is 661. The lowest BCUT2D eigenvalue weighted by Crippen LogP contribution is -2.37. The third-order valence-corrected chi connectivity index (χ3v) is 4.54. The van der Waals surface area contributed by atoms with E-state index < -0.39 is 0 Å². The van der Waals surface area contributed by atoms with Gasteiger partial charge < -0.3 is 10.6 Å². The molecule has 8 heteroatoms. The van der Waals surface area contributed by atoms with Gasteiger partial charge in [0, 0.05) is 47.7 Å². The van der Waals surface area contributed by atoms with Gasteiger partial charge in [-0.05, 0) is 24.6 Å². The second-order valence-electron chi connectivity index (χ2n) is 4.70. The Balaban J connectivity index is 0.00000264. The Morgan fingerprint density at radius 3 is 2.70 bits per heavy atom. The van der Waals surface area contributed by atoms with Crippen molar-refractivity contribution in [1.29, 1.82) is 0 Å². The molecule has 0 saturated carbocycles. The normalized spacial score (nSPS) is 11.0. The van der Waals surface area contributed by atoms with E-state index in [9.17, 15) is 0 Å². The van der Waals surface area contributed by atoms with Gasteiger partial charge in [0.1, 0.15) is 0 Å². The van der Waals surface area contributed by atoms with E-state index in [-0.39, 0.29) is 24.0 Å². The summed E-state index contributed by atoms with van der Waals surface area (Å²) in [6, 6.07) is 5.47. The van der Waals surface area contributed by atoms with Crippen molar-refractivity contribution in [3.8, 4) is 0 Å². The third-order valence-electron chi connectivity index (χ3n) is 2.99. The molecule has 0 aliphatic heterocycles. The molecule has 1 aromatic carbocycles. The highest BCUT2D eigenvalue weighted by Crippen LogP contribution is 2.20. The molecule has 4 nitrogen and oxygen atoms in total. The lowest BCUT2D eigenvalue weighted by Gasteiger charge is -2.12. The molecule has 2 N–H and O–H groups in total. The number of benzene rings is 1. The van der Waals surface area contributed by atoms with Crippen molar-refractivity contribution in [2.24, 2.45) is 4.99 Å². The second-order valence-corrected chi connectivity index (χ2v) is 6.87. The van der Waals surface area contributed by atoms with Crippen LogP contribution in [-0.4, -0.2) is 24.5 Å². The van der Waals surface area contributed by atoms with E-state index in [1.165, 1.54) is 4.88 Å². The van der Waals surface area contributed by atoms with Crippen molar-refractivity contribution in [2.45, 2.75) is 19.9 Å². The molecule has 0 bridgehead atoms. The number of aliphatic imine (C=N–C) groups is 1. The van der Waals surface area contributed by atoms with Crippen LogP contribution in [0.1, 0.15) is 15.4 Å². The van der Waals surface area contributed by atoms with Crippen LogP contribution in [0.3, 0.4) is 0 Å². The molecule has 0 amide bonds. The van der Waals surface area contributed by atoms with Gasteiger partial charge in [-0.15, -0.1) is 35.3 Å². The predicted octanol–water partition coefficient (Wildman–Crippen LogP) is 4.28. The van der Waals surface area contributed by atoms with Crippen molar-refractivity contribution in [3.05, 3.63) is 49.9 Å². The number of nitrogens with one attached hydrogen (secondary N) is 2. The van der Waals surface area contributed by atoms with Gasteiger partial charge in [-0.2, -0.15) is 0 Å². The number of aromatic nitrogens is 1. The Morgan fingerprint density at radius 1 is 1.30 bits per heavy atom. The van der Waals surface area contributed by atoms with E-state index >= 15 is 0 Å². The number of guanidine groups is 1. The van der Waals surface area contributed by atoms with Crippen LogP contribution in [-0.2, 0) is 13.0 Å². The first-order chi connectivity index (χ1) is 10.6. The molecule has 0 unspecified atom stereocenters. The van der Waals surface area contributed by atoms with Crippen LogP contribution in [0.4, 0.5) is 0 Å². The lowest BCUT2D eigenvalue weighted by molar-refractivity contribution is 0.792. The van der Waals surface area contributed by atoms with Crippen LogP contribution < -0.4 is 10.6 Å². The van der Waals surface area contributed by atoms with Gasteiger partial charge in [-0.25, -0.2) is 4.98 Å². The van der Waals surface area contributed by atoms with E-state index in [4.69, 9.17) is 23.2 Å². The molecule has 0 atom stereocenters. The monoisotopic (exact) mass is 484 g/mol. The van der Waals surface area contributed by atoms with Gasteiger partial charge in [0.2, 0.25) is 0 Å². The minimum Gasteiger partial charge on any atom is -0.356 e. The first-order valence-corrected chi connectivity index (χ1v) is 8.45. The zero-order valence-corrected chi connectivity index (χ0v) is 17.6. The maximum atomic E-state index is 6.15. The zero-order chi connectivity index (χ0) is 15.9. The molecule has 0 aliphatic rings. The van der Waals surface area contributed by atoms with E-state index in [1.807, 2.05) is 18.3 Å². The van der Waals surface area contributed by atoms with Crippen LogP contribution in [0.5, 0.6) is 0 Å². The number of halogens is 3. The second kappa shape index (κ2) is 10.3. The molecule has 126 valence electrons. The van der Waals surface area contributed by atoms with E-state index in [1.54, 1.807) is 24.5 Å². The summed E-state index contributed by atoms with van der Waals surface area (Å²) in [6.07, 6.45) is 2.77. The van der Waals surface area contributed by atoms with E-state index in [2.05, 4.69) is 27.5 Å². The summed E-state index contributed by atoms with van der Waals surface area (Å²) < 4.78 is 0.